The van der Waals surface area contributed by atoms with Gasteiger partial charge in [-0.1, -0.05) is 11.6 Å². The molecule has 6 rings (SSSR count). The number of hydrogen-bond acceptors (Lipinski definition) is 7. The van der Waals surface area contributed by atoms with E-state index < -0.39 is 23.1 Å². The summed E-state index contributed by atoms with van der Waals surface area (Å²) in [5, 5.41) is 34.3. The molecule has 13 heteroatoms. The topological polar surface area (TPSA) is 136 Å². The maximum Gasteiger partial charge on any atom is 0.325 e. The lowest BCUT2D eigenvalue weighted by Crippen LogP contribution is -2.42. The molecule has 1 fully saturated rings. The van der Waals surface area contributed by atoms with Crippen LogP contribution >= 0.6 is 11.6 Å². The van der Waals surface area contributed by atoms with Gasteiger partial charge in [0, 0.05) is 35.3 Å². The van der Waals surface area contributed by atoms with Crippen LogP contribution in [0.15, 0.2) is 66.9 Å². The molecule has 1 aliphatic rings. The molecule has 0 unspecified atom stereocenters. The Morgan fingerprint density at radius 1 is 1.10 bits per heavy atom. The van der Waals surface area contributed by atoms with Gasteiger partial charge in [-0.05, 0) is 61.4 Å². The third kappa shape index (κ3) is 5.34. The van der Waals surface area contributed by atoms with Gasteiger partial charge < -0.3 is 20.5 Å². The summed E-state index contributed by atoms with van der Waals surface area (Å²) < 4.78 is 34.3. The number of halogens is 3. The maximum atomic E-state index is 14.5. The number of anilines is 2. The Labute approximate surface area is 236 Å². The standard InChI is InChI=1S/C28H21ClF2N6O4/c29-18-13-17(34-27(38)20-7-6-19(31)24(37(20)40)15-1-3-16(30)4-2-15)5-8-21(18)41-22-9-12-32-25-23(22)26(36-35-25)33-14-28(39)10-11-28/h1-9,12-13,34,38-40H,10-11,14H2/p+1. The molecule has 1 saturated carbocycles. The number of benzene rings is 2. The van der Waals surface area contributed by atoms with Crippen LogP contribution in [0.5, 0.6) is 11.5 Å². The number of amides is 1. The molecule has 3 heterocycles. The van der Waals surface area contributed by atoms with Crippen molar-refractivity contribution in [2.75, 3.05) is 17.2 Å². The second-order valence-electron chi connectivity index (χ2n) is 9.62. The molecule has 208 valence electrons. The Morgan fingerprint density at radius 2 is 1.88 bits per heavy atom. The van der Waals surface area contributed by atoms with E-state index in [4.69, 9.17) is 16.3 Å². The average Bonchev–Trinajstić information content (AvgIpc) is 3.53. The van der Waals surface area contributed by atoms with E-state index >= 15 is 0 Å². The van der Waals surface area contributed by atoms with Crippen molar-refractivity contribution in [3.63, 3.8) is 0 Å². The molecule has 10 nitrogen and oxygen atoms in total. The fourth-order valence-electron chi connectivity index (χ4n) is 4.24. The van der Waals surface area contributed by atoms with Crippen molar-refractivity contribution in [2.24, 2.45) is 0 Å². The van der Waals surface area contributed by atoms with E-state index in [9.17, 15) is 23.9 Å². The smallest absolute Gasteiger partial charge is 0.325 e. The molecule has 5 N–H and O–H groups in total. The van der Waals surface area contributed by atoms with Crippen LogP contribution in [0.1, 0.15) is 23.3 Å². The van der Waals surface area contributed by atoms with Crippen LogP contribution in [0.3, 0.4) is 0 Å². The van der Waals surface area contributed by atoms with Crippen molar-refractivity contribution in [3.8, 4) is 22.8 Å². The lowest BCUT2D eigenvalue weighted by Gasteiger charge is -2.12. The fourth-order valence-corrected chi connectivity index (χ4v) is 4.46. The molecule has 5 aromatic rings. The summed E-state index contributed by atoms with van der Waals surface area (Å²) in [6.07, 6.45) is 2.98. The van der Waals surface area contributed by atoms with Crippen LogP contribution in [0.2, 0.25) is 5.02 Å². The Morgan fingerprint density at radius 3 is 2.61 bits per heavy atom. The minimum absolute atomic E-state index is 0.168. The Bertz CT molecular complexity index is 1790. The first kappa shape index (κ1) is 26.4. The van der Waals surface area contributed by atoms with Crippen LogP contribution < -0.4 is 20.1 Å². The number of ether oxygens (including phenoxy) is 1. The second kappa shape index (κ2) is 10.3. The van der Waals surface area contributed by atoms with Crippen LogP contribution in [0, 0.1) is 11.6 Å². The van der Waals surface area contributed by atoms with E-state index in [1.807, 2.05) is 0 Å². The van der Waals surface area contributed by atoms with Crippen LogP contribution in [0.4, 0.5) is 20.3 Å². The molecular formula is C28H22ClF2N6O4+. The molecule has 1 aliphatic carbocycles. The van der Waals surface area contributed by atoms with E-state index in [2.05, 4.69) is 25.8 Å². The van der Waals surface area contributed by atoms with Gasteiger partial charge >= 0.3 is 17.3 Å². The molecule has 3 aromatic heterocycles. The van der Waals surface area contributed by atoms with E-state index in [1.165, 1.54) is 18.2 Å². The number of pyridine rings is 2. The summed E-state index contributed by atoms with van der Waals surface area (Å²) in [7, 11) is 0. The average molecular weight is 580 g/mol. The Hall–Kier alpha value is -4.81. The lowest BCUT2D eigenvalue weighted by atomic mass is 10.1. The van der Waals surface area contributed by atoms with E-state index in [0.29, 0.717) is 33.9 Å². The zero-order chi connectivity index (χ0) is 28.7. The van der Waals surface area contributed by atoms with Gasteiger partial charge in [0.05, 0.1) is 16.2 Å². The van der Waals surface area contributed by atoms with Crippen molar-refractivity contribution < 1.29 is 33.4 Å². The summed E-state index contributed by atoms with van der Waals surface area (Å²) in [5.41, 5.74) is -0.369. The molecular weight excluding hydrogens is 558 g/mol. The van der Waals surface area contributed by atoms with Crippen molar-refractivity contribution in [1.29, 1.82) is 0 Å². The van der Waals surface area contributed by atoms with Crippen molar-refractivity contribution in [2.45, 2.75) is 18.4 Å². The summed E-state index contributed by atoms with van der Waals surface area (Å²) >= 11 is 6.47. The highest BCUT2D eigenvalue weighted by Gasteiger charge is 2.40. The largest absolute Gasteiger partial charge is 0.455 e. The first-order valence-corrected chi connectivity index (χ1v) is 12.9. The van der Waals surface area contributed by atoms with E-state index in [-0.39, 0.29) is 33.4 Å². The molecule has 41 heavy (non-hydrogen) atoms. The number of aliphatic hydroxyl groups is 1. The highest BCUT2D eigenvalue weighted by atomic mass is 35.5. The first-order valence-electron chi connectivity index (χ1n) is 12.5. The molecule has 2 aromatic carbocycles. The number of nitrogens with one attached hydrogen (secondary N) is 3. The number of carbonyl (C=O) groups excluding carboxylic acids is 1. The summed E-state index contributed by atoms with van der Waals surface area (Å²) in [6.45, 7) is 0.337. The highest BCUT2D eigenvalue weighted by Crippen LogP contribution is 2.38. The molecule has 0 bridgehead atoms. The number of rotatable bonds is 8. The van der Waals surface area contributed by atoms with Crippen LogP contribution in [0.25, 0.3) is 22.3 Å². The summed E-state index contributed by atoms with van der Waals surface area (Å²) in [6, 6.07) is 13.1. The van der Waals surface area contributed by atoms with Gasteiger partial charge in [0.25, 0.3) is 0 Å². The highest BCUT2D eigenvalue weighted by molar-refractivity contribution is 6.32. The third-order valence-corrected chi connectivity index (χ3v) is 6.94. The molecule has 1 amide bonds. The van der Waals surface area contributed by atoms with E-state index in [0.717, 1.165) is 37.1 Å². The van der Waals surface area contributed by atoms with Gasteiger partial charge in [-0.2, -0.15) is 9.49 Å². The Balaban J connectivity index is 1.21. The zero-order valence-corrected chi connectivity index (χ0v) is 21.9. The quantitative estimate of drug-likeness (QED) is 0.128. The second-order valence-corrected chi connectivity index (χ2v) is 10.0. The number of aromatic nitrogens is 4. The van der Waals surface area contributed by atoms with Crippen LogP contribution in [-0.4, -0.2) is 43.5 Å². The maximum absolute atomic E-state index is 14.5. The number of nitrogens with zero attached hydrogens (tertiary/aromatic N) is 3. The van der Waals surface area contributed by atoms with Gasteiger partial charge in [-0.25, -0.2) is 9.37 Å². The van der Waals surface area contributed by atoms with Gasteiger partial charge in [0.1, 0.15) is 22.7 Å². The molecule has 0 spiro atoms. The number of fused-ring (bicyclic) bond motifs is 1. The SMILES string of the molecule is O=C(Nc1ccc(Oc2ccnc3[nH]nc(NCC4(O)CC4)c23)c(Cl)c1)c1ccc(F)c(-c2ccc(F)cc2)[n+]1O. The molecule has 0 saturated heterocycles. The van der Waals surface area contributed by atoms with Crippen molar-refractivity contribution >= 4 is 40.0 Å². The molecule has 0 atom stereocenters. The lowest BCUT2D eigenvalue weighted by molar-refractivity contribution is -0.897. The zero-order valence-electron chi connectivity index (χ0n) is 21.2. The van der Waals surface area contributed by atoms with E-state index in [1.54, 1.807) is 24.4 Å². The van der Waals surface area contributed by atoms with Crippen molar-refractivity contribution in [1.82, 2.24) is 15.2 Å². The number of hydrogen-bond donors (Lipinski definition) is 5. The van der Waals surface area contributed by atoms with Gasteiger partial charge in [-0.15, -0.1) is 0 Å². The number of carbonyl (C=O) groups is 1. The minimum Gasteiger partial charge on any atom is -0.455 e. The van der Waals surface area contributed by atoms with Gasteiger partial charge in [0.15, 0.2) is 17.3 Å². The predicted molar refractivity (Wildman–Crippen MR) is 145 cm³/mol. The first-order chi connectivity index (χ1) is 19.7. The van der Waals surface area contributed by atoms with Crippen molar-refractivity contribution in [3.05, 3.63) is 89.2 Å². The third-order valence-electron chi connectivity index (χ3n) is 6.65. The predicted octanol–water partition coefficient (Wildman–Crippen LogP) is 5.06. The normalized spacial score (nSPS) is 13.7. The van der Waals surface area contributed by atoms with Gasteiger partial charge in [0.2, 0.25) is 0 Å². The van der Waals surface area contributed by atoms with Crippen LogP contribution in [-0.2, 0) is 0 Å². The molecule has 0 radical (unpaired) electrons. The molecule has 0 aliphatic heterocycles. The Kier molecular flexibility index (Phi) is 6.64. The summed E-state index contributed by atoms with van der Waals surface area (Å²) in [5.74, 6) is -0.913. The fraction of sp³-hybridized carbons (Fsp3) is 0.143. The number of H-pyrrole nitrogens is 1. The summed E-state index contributed by atoms with van der Waals surface area (Å²) in [4.78, 5) is 17.2. The minimum atomic E-state index is -0.801. The van der Waals surface area contributed by atoms with Gasteiger partial charge in [-0.3, -0.25) is 15.1 Å². The monoisotopic (exact) mass is 579 g/mol. The number of aromatic amines is 1.